The fraction of sp³-hybridized carbons (Fsp3) is 0.857. The molecule has 0 unspecified atom stereocenters. The van der Waals surface area contributed by atoms with Gasteiger partial charge in [-0.3, -0.25) is 4.79 Å². The molecule has 0 atom stereocenters. The van der Waals surface area contributed by atoms with Crippen molar-refractivity contribution in [2.45, 2.75) is 226 Å². The highest BCUT2D eigenvalue weighted by Gasteiger charge is 2.41. The van der Waals surface area contributed by atoms with Gasteiger partial charge in [0.25, 0.3) is 0 Å². The highest BCUT2D eigenvalue weighted by atomic mass is 32.1. The summed E-state index contributed by atoms with van der Waals surface area (Å²) in [5.41, 5.74) is -0.503. The van der Waals surface area contributed by atoms with Crippen LogP contribution in [0.3, 0.4) is 0 Å². The summed E-state index contributed by atoms with van der Waals surface area (Å²) in [6, 6.07) is 0. The van der Waals surface area contributed by atoms with Gasteiger partial charge >= 0.3 is 5.97 Å². The molecule has 1 fully saturated rings. The zero-order valence-corrected chi connectivity index (χ0v) is 31.2. The molecular weight excluding hydrogens is 569 g/mol. The Balaban J connectivity index is 2.04. The molecule has 0 aromatic carbocycles. The van der Waals surface area contributed by atoms with Crippen LogP contribution in [0.1, 0.15) is 226 Å². The Kier molecular flexibility index (Phi) is 29.6. The van der Waals surface area contributed by atoms with E-state index >= 15 is 0 Å². The third kappa shape index (κ3) is 24.8. The Hall–Kier alpha value is -0.960. The molecular formula is C42H76O2S. The van der Waals surface area contributed by atoms with Crippen molar-refractivity contribution in [3.63, 3.8) is 0 Å². The maximum absolute atomic E-state index is 12.1. The van der Waals surface area contributed by atoms with E-state index < -0.39 is 5.41 Å². The van der Waals surface area contributed by atoms with Crippen molar-refractivity contribution >= 4 is 23.2 Å². The smallest absolute Gasteiger partial charge is 0.313 e. The van der Waals surface area contributed by atoms with E-state index in [-0.39, 0.29) is 5.97 Å². The molecule has 0 N–H and O–H groups in total. The van der Waals surface area contributed by atoms with E-state index in [0.29, 0.717) is 11.5 Å². The molecule has 0 radical (unpaired) electrons. The minimum Gasteiger partial charge on any atom is -0.418 e. The summed E-state index contributed by atoms with van der Waals surface area (Å²) in [6.07, 6.45) is 53.0. The van der Waals surface area contributed by atoms with Crippen LogP contribution in [0.4, 0.5) is 0 Å². The Bertz CT molecular complexity index is 695. The fourth-order valence-corrected chi connectivity index (χ4v) is 7.01. The van der Waals surface area contributed by atoms with Gasteiger partial charge in [-0.1, -0.05) is 218 Å². The molecule has 45 heavy (non-hydrogen) atoms. The standard InChI is InChI=1S/C42H76O2S/c1-3-5-7-9-11-13-15-17-19-21-23-25-27-29-31-33-35-37-42(39-40(43)44-41(42)45)38-36-34-32-30-28-26-24-22-20-18-16-14-12-10-8-6-4-2/h35-38H,3-34,39H2,1-2H3. The van der Waals surface area contributed by atoms with E-state index in [0.717, 1.165) is 12.8 Å². The van der Waals surface area contributed by atoms with Gasteiger partial charge in [0.15, 0.2) is 5.05 Å². The third-order valence-corrected chi connectivity index (χ3v) is 10.3. The lowest BCUT2D eigenvalue weighted by Crippen LogP contribution is -2.19. The first-order valence-electron chi connectivity index (χ1n) is 20.2. The van der Waals surface area contributed by atoms with Crippen LogP contribution in [0, 0.1) is 5.41 Å². The molecule has 2 nitrogen and oxygen atoms in total. The molecule has 262 valence electrons. The van der Waals surface area contributed by atoms with Crippen LogP contribution in [0.15, 0.2) is 24.3 Å². The maximum atomic E-state index is 12.1. The van der Waals surface area contributed by atoms with Crippen molar-refractivity contribution in [2.75, 3.05) is 0 Å². The summed E-state index contributed by atoms with van der Waals surface area (Å²) in [4.78, 5) is 12.1. The minimum absolute atomic E-state index is 0.187. The molecule has 0 amide bonds. The van der Waals surface area contributed by atoms with Gasteiger partial charge < -0.3 is 4.74 Å². The summed E-state index contributed by atoms with van der Waals surface area (Å²) in [6.45, 7) is 4.58. The van der Waals surface area contributed by atoms with Gasteiger partial charge in [-0.2, -0.15) is 0 Å². The second-order valence-corrected chi connectivity index (χ2v) is 14.6. The van der Waals surface area contributed by atoms with Crippen molar-refractivity contribution in [1.82, 2.24) is 0 Å². The summed E-state index contributed by atoms with van der Waals surface area (Å²) >= 11 is 5.51. The molecule has 1 rings (SSSR count). The lowest BCUT2D eigenvalue weighted by Gasteiger charge is -2.17. The predicted octanol–water partition coefficient (Wildman–Crippen LogP) is 14.9. The fourth-order valence-electron chi connectivity index (χ4n) is 6.71. The van der Waals surface area contributed by atoms with Gasteiger partial charge in [0.2, 0.25) is 0 Å². The second-order valence-electron chi connectivity index (χ2n) is 14.3. The van der Waals surface area contributed by atoms with Gasteiger partial charge in [-0.05, 0) is 37.9 Å². The summed E-state index contributed by atoms with van der Waals surface area (Å²) in [5, 5.41) is 0.438. The molecule has 1 saturated heterocycles. The largest absolute Gasteiger partial charge is 0.418 e. The number of allylic oxidation sites excluding steroid dienone is 2. The first-order chi connectivity index (χ1) is 22.1. The molecule has 0 aromatic rings. The first kappa shape index (κ1) is 42.1. The molecule has 3 heteroatoms. The summed E-state index contributed by atoms with van der Waals surface area (Å²) in [5.74, 6) is -0.187. The van der Waals surface area contributed by atoms with Crippen LogP contribution in [-0.2, 0) is 9.53 Å². The number of unbranched alkanes of at least 4 members (excludes halogenated alkanes) is 30. The van der Waals surface area contributed by atoms with Crippen molar-refractivity contribution < 1.29 is 9.53 Å². The molecule has 1 aliphatic rings. The van der Waals surface area contributed by atoms with Gasteiger partial charge in [0.05, 0.1) is 11.8 Å². The number of carbonyl (C=O) groups is 1. The topological polar surface area (TPSA) is 26.3 Å². The van der Waals surface area contributed by atoms with Crippen molar-refractivity contribution in [3.8, 4) is 0 Å². The van der Waals surface area contributed by atoms with Crippen molar-refractivity contribution in [2.24, 2.45) is 5.41 Å². The van der Waals surface area contributed by atoms with Crippen LogP contribution in [0.25, 0.3) is 0 Å². The number of hydrogen-bond acceptors (Lipinski definition) is 3. The zero-order valence-electron chi connectivity index (χ0n) is 30.4. The van der Waals surface area contributed by atoms with E-state index in [9.17, 15) is 4.79 Å². The maximum Gasteiger partial charge on any atom is 0.313 e. The van der Waals surface area contributed by atoms with E-state index in [2.05, 4.69) is 38.2 Å². The Morgan fingerprint density at radius 3 is 1.00 bits per heavy atom. The Morgan fingerprint density at radius 2 is 0.756 bits per heavy atom. The number of ether oxygens (including phenoxy) is 1. The molecule has 0 aromatic heterocycles. The third-order valence-electron chi connectivity index (χ3n) is 9.80. The molecule has 0 bridgehead atoms. The number of rotatable bonds is 34. The predicted molar refractivity (Wildman–Crippen MR) is 203 cm³/mol. The lowest BCUT2D eigenvalue weighted by molar-refractivity contribution is -0.133. The summed E-state index contributed by atoms with van der Waals surface area (Å²) < 4.78 is 5.33. The number of esters is 1. The van der Waals surface area contributed by atoms with Crippen LogP contribution >= 0.6 is 12.2 Å². The van der Waals surface area contributed by atoms with Crippen molar-refractivity contribution in [1.29, 1.82) is 0 Å². The van der Waals surface area contributed by atoms with Gasteiger partial charge in [0.1, 0.15) is 0 Å². The summed E-state index contributed by atoms with van der Waals surface area (Å²) in [7, 11) is 0. The second kappa shape index (κ2) is 31.6. The van der Waals surface area contributed by atoms with Gasteiger partial charge in [-0.15, -0.1) is 0 Å². The van der Waals surface area contributed by atoms with Gasteiger partial charge in [-0.25, -0.2) is 0 Å². The monoisotopic (exact) mass is 645 g/mol. The van der Waals surface area contributed by atoms with E-state index in [1.807, 2.05) is 0 Å². The Morgan fingerprint density at radius 1 is 0.489 bits per heavy atom. The van der Waals surface area contributed by atoms with Crippen LogP contribution in [-0.4, -0.2) is 11.0 Å². The van der Waals surface area contributed by atoms with E-state index in [1.165, 1.54) is 193 Å². The normalized spacial score (nSPS) is 16.9. The van der Waals surface area contributed by atoms with E-state index in [1.54, 1.807) is 0 Å². The van der Waals surface area contributed by atoms with Crippen LogP contribution in [0.5, 0.6) is 0 Å². The number of cyclic esters (lactones) is 1. The molecule has 0 aliphatic carbocycles. The van der Waals surface area contributed by atoms with Gasteiger partial charge in [0, 0.05) is 0 Å². The average Bonchev–Trinajstić information content (AvgIpc) is 3.32. The SMILES string of the molecule is CCCCCCCCCCCCCCCCCC=CC1(C=CCCCCCCCCCCCCCCCCC)CC(=O)OC1=S. The number of thiocarbonyl (C=S) groups is 1. The quantitative estimate of drug-likeness (QED) is 0.0302. The number of carbonyl (C=O) groups excluding carboxylic acids is 1. The molecule has 1 heterocycles. The lowest BCUT2D eigenvalue weighted by atomic mass is 9.85. The average molecular weight is 645 g/mol. The highest BCUT2D eigenvalue weighted by molar-refractivity contribution is 7.80. The minimum atomic E-state index is -0.503. The molecule has 0 spiro atoms. The van der Waals surface area contributed by atoms with Crippen LogP contribution < -0.4 is 0 Å². The Labute approximate surface area is 287 Å². The molecule has 1 aliphatic heterocycles. The zero-order chi connectivity index (χ0) is 32.5. The number of hydrogen-bond donors (Lipinski definition) is 0. The van der Waals surface area contributed by atoms with Crippen LogP contribution in [0.2, 0.25) is 0 Å². The van der Waals surface area contributed by atoms with Crippen molar-refractivity contribution in [3.05, 3.63) is 24.3 Å². The molecule has 0 saturated carbocycles. The van der Waals surface area contributed by atoms with E-state index in [4.69, 9.17) is 17.0 Å². The first-order valence-corrected chi connectivity index (χ1v) is 20.7. The highest BCUT2D eigenvalue weighted by Crippen LogP contribution is 2.36.